The number of guanidine groups is 1. The van der Waals surface area contributed by atoms with E-state index in [0.29, 0.717) is 25.7 Å². The normalized spacial score (nSPS) is 16.4. The molecule has 1 aliphatic rings. The lowest BCUT2D eigenvalue weighted by atomic mass is 10.4. The van der Waals surface area contributed by atoms with E-state index in [2.05, 4.69) is 10.3 Å². The molecule has 6 heteroatoms. The minimum atomic E-state index is 0.426. The second-order valence-corrected chi connectivity index (χ2v) is 3.99. The van der Waals surface area contributed by atoms with Crippen LogP contribution in [0, 0.1) is 18.4 Å². The number of morpholine rings is 1. The molecule has 6 nitrogen and oxygen atoms in total. The standard InChI is InChI=1S/C12H16N4O2/c1-10-2-3-11(18-10)8-14-12(15-9-13)16-4-6-17-7-5-16/h2-3H,4-8H2,1H3,(H,14,15). The molecule has 0 atom stereocenters. The minimum Gasteiger partial charge on any atom is -0.464 e. The predicted molar refractivity (Wildman–Crippen MR) is 65.7 cm³/mol. The van der Waals surface area contributed by atoms with Crippen LogP contribution >= 0.6 is 0 Å². The van der Waals surface area contributed by atoms with Crippen molar-refractivity contribution in [2.24, 2.45) is 4.99 Å². The van der Waals surface area contributed by atoms with Gasteiger partial charge >= 0.3 is 0 Å². The quantitative estimate of drug-likeness (QED) is 0.363. The highest BCUT2D eigenvalue weighted by molar-refractivity contribution is 5.81. The molecular formula is C12H16N4O2. The highest BCUT2D eigenvalue weighted by Crippen LogP contribution is 2.08. The largest absolute Gasteiger partial charge is 0.464 e. The summed E-state index contributed by atoms with van der Waals surface area (Å²) >= 11 is 0. The number of aryl methyl sites for hydroxylation is 1. The van der Waals surface area contributed by atoms with Crippen molar-refractivity contribution in [1.29, 1.82) is 5.26 Å². The Morgan fingerprint density at radius 2 is 2.28 bits per heavy atom. The molecule has 0 amide bonds. The van der Waals surface area contributed by atoms with Crippen LogP contribution in [0.5, 0.6) is 0 Å². The molecule has 1 aromatic rings. The van der Waals surface area contributed by atoms with Gasteiger partial charge in [0.05, 0.1) is 13.2 Å². The number of ether oxygens (including phenoxy) is 1. The minimum absolute atomic E-state index is 0.426. The summed E-state index contributed by atoms with van der Waals surface area (Å²) in [6.45, 7) is 5.12. The highest BCUT2D eigenvalue weighted by atomic mass is 16.5. The Kier molecular flexibility index (Phi) is 4.20. The molecule has 0 spiro atoms. The first kappa shape index (κ1) is 12.5. The number of hydrogen-bond donors (Lipinski definition) is 1. The highest BCUT2D eigenvalue weighted by Gasteiger charge is 2.14. The third kappa shape index (κ3) is 3.25. The van der Waals surface area contributed by atoms with Gasteiger partial charge in [-0.2, -0.15) is 5.26 Å². The van der Waals surface area contributed by atoms with Gasteiger partial charge in [0.25, 0.3) is 0 Å². The van der Waals surface area contributed by atoms with E-state index in [1.54, 1.807) is 0 Å². The molecule has 1 aliphatic heterocycles. The van der Waals surface area contributed by atoms with Crippen molar-refractivity contribution < 1.29 is 9.15 Å². The lowest BCUT2D eigenvalue weighted by molar-refractivity contribution is 0.0668. The average molecular weight is 248 g/mol. The summed E-state index contributed by atoms with van der Waals surface area (Å²) < 4.78 is 10.7. The maximum Gasteiger partial charge on any atom is 0.207 e. The SMILES string of the molecule is Cc1ccc(CN=C(NC#N)N2CCOCC2)o1. The van der Waals surface area contributed by atoms with E-state index in [9.17, 15) is 0 Å². The van der Waals surface area contributed by atoms with Crippen LogP contribution in [0.15, 0.2) is 21.5 Å². The molecule has 0 bridgehead atoms. The zero-order valence-electron chi connectivity index (χ0n) is 10.3. The molecule has 0 aromatic carbocycles. The van der Waals surface area contributed by atoms with Crippen LogP contribution in [0.3, 0.4) is 0 Å². The van der Waals surface area contributed by atoms with Gasteiger partial charge in [0.2, 0.25) is 5.96 Å². The van der Waals surface area contributed by atoms with Gasteiger partial charge < -0.3 is 14.1 Å². The summed E-state index contributed by atoms with van der Waals surface area (Å²) in [5.41, 5.74) is 0. The molecule has 18 heavy (non-hydrogen) atoms. The Morgan fingerprint density at radius 1 is 1.50 bits per heavy atom. The fraction of sp³-hybridized carbons (Fsp3) is 0.500. The second kappa shape index (κ2) is 6.07. The maximum atomic E-state index is 8.75. The molecule has 1 aromatic heterocycles. The number of aliphatic imine (C=N–C) groups is 1. The van der Waals surface area contributed by atoms with Crippen LogP contribution in [0.25, 0.3) is 0 Å². The van der Waals surface area contributed by atoms with Gasteiger partial charge in [-0.25, -0.2) is 4.99 Å². The van der Waals surface area contributed by atoms with Crippen molar-refractivity contribution in [3.63, 3.8) is 0 Å². The van der Waals surface area contributed by atoms with E-state index in [-0.39, 0.29) is 0 Å². The number of nitriles is 1. The van der Waals surface area contributed by atoms with Gasteiger partial charge in [0, 0.05) is 13.1 Å². The molecule has 1 saturated heterocycles. The molecule has 1 N–H and O–H groups in total. The zero-order chi connectivity index (χ0) is 12.8. The second-order valence-electron chi connectivity index (χ2n) is 3.99. The van der Waals surface area contributed by atoms with Gasteiger partial charge in [-0.05, 0) is 19.1 Å². The Balaban J connectivity index is 2.01. The topological polar surface area (TPSA) is 73.8 Å². The van der Waals surface area contributed by atoms with E-state index in [1.165, 1.54) is 0 Å². The summed E-state index contributed by atoms with van der Waals surface area (Å²) in [5, 5.41) is 11.4. The predicted octanol–water partition coefficient (Wildman–Crippen LogP) is 0.847. The maximum absolute atomic E-state index is 8.75. The first-order valence-corrected chi connectivity index (χ1v) is 5.87. The van der Waals surface area contributed by atoms with Crippen LogP contribution in [-0.2, 0) is 11.3 Å². The van der Waals surface area contributed by atoms with Crippen LogP contribution < -0.4 is 5.32 Å². The Morgan fingerprint density at radius 3 is 2.89 bits per heavy atom. The third-order valence-electron chi connectivity index (χ3n) is 2.66. The molecule has 2 heterocycles. The molecule has 0 unspecified atom stereocenters. The lowest BCUT2D eigenvalue weighted by Gasteiger charge is -2.28. The number of hydrogen-bond acceptors (Lipinski definition) is 4. The van der Waals surface area contributed by atoms with Crippen LogP contribution in [-0.4, -0.2) is 37.2 Å². The molecule has 96 valence electrons. The number of nitrogens with one attached hydrogen (secondary N) is 1. The van der Waals surface area contributed by atoms with Crippen LogP contribution in [0.1, 0.15) is 11.5 Å². The third-order valence-corrected chi connectivity index (χ3v) is 2.66. The number of rotatable bonds is 2. The Labute approximate surface area is 106 Å². The number of nitrogens with zero attached hydrogens (tertiary/aromatic N) is 3. The van der Waals surface area contributed by atoms with Crippen molar-refractivity contribution in [2.75, 3.05) is 26.3 Å². The molecule has 0 radical (unpaired) electrons. The Hall–Kier alpha value is -2.00. The molecule has 0 saturated carbocycles. The Bertz CT molecular complexity index is 455. The van der Waals surface area contributed by atoms with E-state index in [4.69, 9.17) is 14.4 Å². The van der Waals surface area contributed by atoms with Gasteiger partial charge in [0.1, 0.15) is 18.1 Å². The van der Waals surface area contributed by atoms with Gasteiger partial charge in [-0.1, -0.05) is 0 Å². The zero-order valence-corrected chi connectivity index (χ0v) is 10.3. The van der Waals surface area contributed by atoms with Crippen LogP contribution in [0.4, 0.5) is 0 Å². The van der Waals surface area contributed by atoms with Crippen molar-refractivity contribution in [3.8, 4) is 6.19 Å². The fourth-order valence-corrected chi connectivity index (χ4v) is 1.77. The summed E-state index contributed by atoms with van der Waals surface area (Å²) in [4.78, 5) is 6.38. The van der Waals surface area contributed by atoms with Gasteiger partial charge in [0.15, 0.2) is 6.19 Å². The van der Waals surface area contributed by atoms with Crippen molar-refractivity contribution in [3.05, 3.63) is 23.7 Å². The molecule has 1 fully saturated rings. The van der Waals surface area contributed by atoms with Crippen molar-refractivity contribution in [1.82, 2.24) is 10.2 Å². The van der Waals surface area contributed by atoms with Crippen molar-refractivity contribution >= 4 is 5.96 Å². The fourth-order valence-electron chi connectivity index (χ4n) is 1.77. The molecule has 0 aliphatic carbocycles. The lowest BCUT2D eigenvalue weighted by Crippen LogP contribution is -2.46. The summed E-state index contributed by atoms with van der Waals surface area (Å²) in [6, 6.07) is 3.79. The van der Waals surface area contributed by atoms with E-state index in [1.807, 2.05) is 30.1 Å². The number of furan rings is 1. The first-order chi connectivity index (χ1) is 8.79. The monoisotopic (exact) mass is 248 g/mol. The van der Waals surface area contributed by atoms with Gasteiger partial charge in [-0.3, -0.25) is 5.32 Å². The summed E-state index contributed by atoms with van der Waals surface area (Å²) in [6.07, 6.45) is 1.91. The van der Waals surface area contributed by atoms with Crippen LogP contribution in [0.2, 0.25) is 0 Å². The summed E-state index contributed by atoms with van der Waals surface area (Å²) in [5.74, 6) is 2.23. The smallest absolute Gasteiger partial charge is 0.207 e. The first-order valence-electron chi connectivity index (χ1n) is 5.87. The average Bonchev–Trinajstić information content (AvgIpc) is 2.81. The van der Waals surface area contributed by atoms with E-state index >= 15 is 0 Å². The van der Waals surface area contributed by atoms with E-state index in [0.717, 1.165) is 24.6 Å². The van der Waals surface area contributed by atoms with E-state index < -0.39 is 0 Å². The molecular weight excluding hydrogens is 232 g/mol. The molecule has 2 rings (SSSR count). The van der Waals surface area contributed by atoms with Gasteiger partial charge in [-0.15, -0.1) is 0 Å². The van der Waals surface area contributed by atoms with Crippen molar-refractivity contribution in [2.45, 2.75) is 13.5 Å². The summed E-state index contributed by atoms with van der Waals surface area (Å²) in [7, 11) is 0.